The van der Waals surface area contributed by atoms with E-state index in [2.05, 4.69) is 0 Å². The third kappa shape index (κ3) is 2.80. The van der Waals surface area contributed by atoms with Crippen molar-refractivity contribution >= 4 is 7.60 Å². The molecular weight excluding hydrogens is 187 g/mol. The zero-order valence-corrected chi connectivity index (χ0v) is 8.79. The summed E-state index contributed by atoms with van der Waals surface area (Å²) < 4.78 is 22.3. The van der Waals surface area contributed by atoms with Gasteiger partial charge in [0, 0.05) is 0 Å². The normalized spacial score (nSPS) is 19.5. The summed E-state index contributed by atoms with van der Waals surface area (Å²) in [6, 6.07) is 0. The van der Waals surface area contributed by atoms with E-state index in [1.54, 1.807) is 26.7 Å². The molecule has 5 radical (unpaired) electrons. The van der Waals surface area contributed by atoms with Crippen LogP contribution in [0.1, 0.15) is 13.8 Å². The molecule has 0 atom stereocenters. The van der Waals surface area contributed by atoms with Gasteiger partial charge in [-0.05, 0) is 39.5 Å². The first-order valence-electron chi connectivity index (χ1n) is 4.34. The molecule has 3 nitrogen and oxygen atoms in total. The van der Waals surface area contributed by atoms with Crippen LogP contribution in [0.3, 0.4) is 0 Å². The molecule has 0 amide bonds. The Morgan fingerprint density at radius 3 is 2.00 bits per heavy atom. The molecule has 0 saturated heterocycles. The van der Waals surface area contributed by atoms with Crippen LogP contribution in [0, 0.1) is 31.3 Å². The molecule has 0 aliphatic heterocycles. The van der Waals surface area contributed by atoms with Crippen LogP contribution in [0.25, 0.3) is 0 Å². The van der Waals surface area contributed by atoms with Crippen LogP contribution in [0.5, 0.6) is 0 Å². The largest absolute Gasteiger partial charge is 0.338 e. The van der Waals surface area contributed by atoms with Gasteiger partial charge in [0.25, 0.3) is 0 Å². The molecule has 0 unspecified atom stereocenters. The maximum Gasteiger partial charge on any atom is 0.338 e. The Balaban J connectivity index is 2.58. The second-order valence-electron chi connectivity index (χ2n) is 2.48. The SMILES string of the molecule is CCOP(=O)(OCC)[C]1[CH][CH][CH][CH]1. The lowest BCUT2D eigenvalue weighted by Gasteiger charge is -2.21. The van der Waals surface area contributed by atoms with Crippen LogP contribution in [0.2, 0.25) is 0 Å². The molecule has 73 valence electrons. The van der Waals surface area contributed by atoms with Crippen molar-refractivity contribution in [2.45, 2.75) is 13.8 Å². The van der Waals surface area contributed by atoms with Crippen molar-refractivity contribution in [3.63, 3.8) is 0 Å². The van der Waals surface area contributed by atoms with Crippen LogP contribution >= 0.6 is 7.60 Å². The second-order valence-corrected chi connectivity index (χ2v) is 4.50. The van der Waals surface area contributed by atoms with Crippen LogP contribution < -0.4 is 0 Å². The van der Waals surface area contributed by atoms with E-state index in [-0.39, 0.29) is 0 Å². The van der Waals surface area contributed by atoms with Gasteiger partial charge in [-0.15, -0.1) is 0 Å². The molecule has 1 rings (SSSR count). The fourth-order valence-electron chi connectivity index (χ4n) is 1.07. The molecule has 1 saturated carbocycles. The molecule has 0 aromatic heterocycles. The van der Waals surface area contributed by atoms with E-state index in [0.29, 0.717) is 18.9 Å². The van der Waals surface area contributed by atoms with Gasteiger partial charge in [-0.3, -0.25) is 4.57 Å². The van der Waals surface area contributed by atoms with E-state index in [9.17, 15) is 4.57 Å². The molecule has 0 aromatic rings. The van der Waals surface area contributed by atoms with Gasteiger partial charge in [-0.25, -0.2) is 0 Å². The predicted molar refractivity (Wildman–Crippen MR) is 51.3 cm³/mol. The van der Waals surface area contributed by atoms with Crippen molar-refractivity contribution in [3.8, 4) is 0 Å². The second kappa shape index (κ2) is 5.14. The summed E-state index contributed by atoms with van der Waals surface area (Å²) in [5, 5.41) is 0. The maximum absolute atomic E-state index is 12.0. The molecule has 13 heavy (non-hydrogen) atoms. The van der Waals surface area contributed by atoms with Gasteiger partial charge in [0.05, 0.1) is 18.9 Å². The van der Waals surface area contributed by atoms with Crippen LogP contribution in [0.4, 0.5) is 0 Å². The van der Waals surface area contributed by atoms with Gasteiger partial charge >= 0.3 is 7.60 Å². The minimum Gasteiger partial charge on any atom is -0.308 e. The molecule has 0 N–H and O–H groups in total. The van der Waals surface area contributed by atoms with E-state index in [1.807, 2.05) is 12.8 Å². The first-order valence-corrected chi connectivity index (χ1v) is 5.88. The topological polar surface area (TPSA) is 35.5 Å². The highest BCUT2D eigenvalue weighted by molar-refractivity contribution is 7.57. The van der Waals surface area contributed by atoms with Gasteiger partial charge < -0.3 is 9.05 Å². The Morgan fingerprint density at radius 1 is 1.15 bits per heavy atom. The van der Waals surface area contributed by atoms with E-state index in [0.717, 1.165) is 0 Å². The lowest BCUT2D eigenvalue weighted by atomic mass is 10.4. The highest BCUT2D eigenvalue weighted by Gasteiger charge is 2.38. The molecule has 0 aromatic carbocycles. The summed E-state index contributed by atoms with van der Waals surface area (Å²) in [6.45, 7) is 4.38. The number of hydrogen-bond donors (Lipinski definition) is 0. The van der Waals surface area contributed by atoms with E-state index in [4.69, 9.17) is 9.05 Å². The quantitative estimate of drug-likeness (QED) is 0.641. The Hall–Kier alpha value is 0.150. The summed E-state index contributed by atoms with van der Waals surface area (Å²) in [6.07, 6.45) is 7.15. The highest BCUT2D eigenvalue weighted by Crippen LogP contribution is 2.62. The summed E-state index contributed by atoms with van der Waals surface area (Å²) in [5.41, 5.74) is 0.635. The minimum absolute atomic E-state index is 0.391. The first-order chi connectivity index (χ1) is 6.23. The molecule has 0 bridgehead atoms. The predicted octanol–water partition coefficient (Wildman–Crippen LogP) is 2.62. The lowest BCUT2D eigenvalue weighted by molar-refractivity contribution is 0.223. The fraction of sp³-hybridized carbons (Fsp3) is 0.444. The van der Waals surface area contributed by atoms with E-state index < -0.39 is 7.60 Å². The Kier molecular flexibility index (Phi) is 4.43. The monoisotopic (exact) mass is 201 g/mol. The lowest BCUT2D eigenvalue weighted by Crippen LogP contribution is -2.03. The Bertz CT molecular complexity index is 177. The Labute approximate surface area is 80.3 Å². The summed E-state index contributed by atoms with van der Waals surface area (Å²) in [5.74, 6) is 0. The van der Waals surface area contributed by atoms with Crippen molar-refractivity contribution in [1.82, 2.24) is 0 Å². The molecular formula is C9H14O3P. The molecule has 0 heterocycles. The van der Waals surface area contributed by atoms with Crippen LogP contribution in [0.15, 0.2) is 0 Å². The molecule has 1 aliphatic carbocycles. The average molecular weight is 201 g/mol. The standard InChI is InChI=1S/C9H14O3P/c1-3-11-13(10,12-4-2)9-7-5-6-8-9/h5-8H,3-4H2,1-2H3. The summed E-state index contributed by atoms with van der Waals surface area (Å²) in [7, 11) is -3.02. The number of rotatable bonds is 5. The van der Waals surface area contributed by atoms with Crippen molar-refractivity contribution in [3.05, 3.63) is 31.3 Å². The van der Waals surface area contributed by atoms with Crippen molar-refractivity contribution in [2.75, 3.05) is 13.2 Å². The third-order valence-electron chi connectivity index (χ3n) is 1.56. The van der Waals surface area contributed by atoms with Gasteiger partial charge in [-0.1, -0.05) is 0 Å². The molecule has 1 aliphatic rings. The maximum atomic E-state index is 12.0. The Morgan fingerprint density at radius 2 is 1.62 bits per heavy atom. The van der Waals surface area contributed by atoms with E-state index >= 15 is 0 Å². The fourth-order valence-corrected chi connectivity index (χ4v) is 2.66. The van der Waals surface area contributed by atoms with Crippen molar-refractivity contribution < 1.29 is 13.6 Å². The van der Waals surface area contributed by atoms with Crippen molar-refractivity contribution in [1.29, 1.82) is 0 Å². The van der Waals surface area contributed by atoms with E-state index in [1.165, 1.54) is 0 Å². The smallest absolute Gasteiger partial charge is 0.308 e. The van der Waals surface area contributed by atoms with Crippen molar-refractivity contribution in [2.24, 2.45) is 0 Å². The minimum atomic E-state index is -3.02. The summed E-state index contributed by atoms with van der Waals surface area (Å²) in [4.78, 5) is 0. The van der Waals surface area contributed by atoms with Crippen LogP contribution in [-0.2, 0) is 13.6 Å². The average Bonchev–Trinajstić information content (AvgIpc) is 2.57. The van der Waals surface area contributed by atoms with Gasteiger partial charge in [-0.2, -0.15) is 0 Å². The molecule has 1 fully saturated rings. The van der Waals surface area contributed by atoms with Gasteiger partial charge in [0.2, 0.25) is 0 Å². The number of hydrogen-bond acceptors (Lipinski definition) is 3. The van der Waals surface area contributed by atoms with Gasteiger partial charge in [0.1, 0.15) is 0 Å². The van der Waals surface area contributed by atoms with Gasteiger partial charge in [0.15, 0.2) is 0 Å². The zero-order chi connectivity index (χ0) is 9.73. The summed E-state index contributed by atoms with van der Waals surface area (Å²) >= 11 is 0. The molecule has 0 spiro atoms. The van der Waals surface area contributed by atoms with Crippen LogP contribution in [-0.4, -0.2) is 13.2 Å². The molecule has 4 heteroatoms. The third-order valence-corrected chi connectivity index (χ3v) is 3.69. The first kappa shape index (κ1) is 11.2. The zero-order valence-electron chi connectivity index (χ0n) is 7.90. The highest BCUT2D eigenvalue weighted by atomic mass is 31.2.